The number of aliphatic imine (C=N–C) groups is 1. The molecule has 0 radical (unpaired) electrons. The summed E-state index contributed by atoms with van der Waals surface area (Å²) < 4.78 is 5.21. The third-order valence-corrected chi connectivity index (χ3v) is 6.84. The van der Waals surface area contributed by atoms with Crippen LogP contribution in [0, 0.1) is 13.8 Å². The summed E-state index contributed by atoms with van der Waals surface area (Å²) in [6.07, 6.45) is 1.72. The van der Waals surface area contributed by atoms with Crippen molar-refractivity contribution in [2.45, 2.75) is 13.8 Å². The molecule has 0 unspecified atom stereocenters. The van der Waals surface area contributed by atoms with Crippen molar-refractivity contribution < 1.29 is 14.3 Å². The normalized spacial score (nSPS) is 14.2. The van der Waals surface area contributed by atoms with Gasteiger partial charge >= 0.3 is 0 Å². The molecule has 3 aromatic rings. The highest BCUT2D eigenvalue weighted by atomic mass is 35.5. The summed E-state index contributed by atoms with van der Waals surface area (Å²) in [7, 11) is 1.60. The highest BCUT2D eigenvalue weighted by molar-refractivity contribution is 8.14. The van der Waals surface area contributed by atoms with E-state index in [-0.39, 0.29) is 23.3 Å². The number of amides is 2. The molecule has 0 aliphatic carbocycles. The van der Waals surface area contributed by atoms with E-state index < -0.39 is 0 Å². The lowest BCUT2D eigenvalue weighted by Gasteiger charge is -2.19. The van der Waals surface area contributed by atoms with Crippen LogP contribution in [0.25, 0.3) is 6.08 Å². The Balaban J connectivity index is 1.61. The van der Waals surface area contributed by atoms with Gasteiger partial charge < -0.3 is 10.1 Å². The van der Waals surface area contributed by atoms with E-state index in [4.69, 9.17) is 27.9 Å². The quantitative estimate of drug-likeness (QED) is 0.352. The summed E-state index contributed by atoms with van der Waals surface area (Å²) in [5, 5.41) is 3.83. The number of hydrogen-bond acceptors (Lipinski definition) is 5. The fourth-order valence-corrected chi connectivity index (χ4v) is 4.99. The second-order valence-electron chi connectivity index (χ2n) is 8.12. The van der Waals surface area contributed by atoms with Gasteiger partial charge in [0.15, 0.2) is 5.17 Å². The van der Waals surface area contributed by atoms with Crippen LogP contribution >= 0.6 is 35.0 Å². The fourth-order valence-electron chi connectivity index (χ4n) is 3.68. The topological polar surface area (TPSA) is 71.0 Å². The number of nitrogens with one attached hydrogen (secondary N) is 1. The van der Waals surface area contributed by atoms with Gasteiger partial charge in [-0.25, -0.2) is 4.99 Å². The number of amidine groups is 1. The van der Waals surface area contributed by atoms with Crippen LogP contribution in [0.2, 0.25) is 10.0 Å². The van der Waals surface area contributed by atoms with Gasteiger partial charge in [-0.3, -0.25) is 14.5 Å². The average Bonchev–Trinajstić information content (AvgIpc) is 3.15. The van der Waals surface area contributed by atoms with Gasteiger partial charge in [0.05, 0.1) is 34.3 Å². The number of benzene rings is 3. The molecule has 6 nitrogen and oxygen atoms in total. The van der Waals surface area contributed by atoms with Crippen LogP contribution in [0.4, 0.5) is 11.4 Å². The van der Waals surface area contributed by atoms with Gasteiger partial charge in [-0.15, -0.1) is 0 Å². The zero-order valence-electron chi connectivity index (χ0n) is 19.8. The van der Waals surface area contributed by atoms with Crippen LogP contribution < -0.4 is 15.0 Å². The Labute approximate surface area is 224 Å². The highest BCUT2D eigenvalue weighted by Gasteiger charge is 2.32. The number of aryl methyl sites for hydroxylation is 2. The van der Waals surface area contributed by atoms with Gasteiger partial charge in [0.2, 0.25) is 5.91 Å². The maximum absolute atomic E-state index is 13.5. The molecule has 0 spiro atoms. The van der Waals surface area contributed by atoms with Crippen molar-refractivity contribution in [3.05, 3.63) is 93.1 Å². The van der Waals surface area contributed by atoms with Crippen molar-refractivity contribution in [2.24, 2.45) is 4.99 Å². The van der Waals surface area contributed by atoms with E-state index in [0.29, 0.717) is 26.6 Å². The van der Waals surface area contributed by atoms with E-state index in [9.17, 15) is 9.59 Å². The van der Waals surface area contributed by atoms with Crippen LogP contribution in [0.3, 0.4) is 0 Å². The molecule has 2 amide bonds. The molecule has 0 saturated carbocycles. The van der Waals surface area contributed by atoms with Crippen molar-refractivity contribution in [2.75, 3.05) is 23.1 Å². The molecule has 36 heavy (non-hydrogen) atoms. The molecule has 0 fully saturated rings. The number of nitrogens with zero attached hydrogens (tertiary/aromatic N) is 2. The first-order valence-corrected chi connectivity index (χ1v) is 12.7. The van der Waals surface area contributed by atoms with E-state index in [1.807, 2.05) is 56.3 Å². The van der Waals surface area contributed by atoms with Crippen LogP contribution in [-0.2, 0) is 9.59 Å². The minimum atomic E-state index is -0.321. The Morgan fingerprint density at radius 3 is 2.31 bits per heavy atom. The van der Waals surface area contributed by atoms with E-state index in [2.05, 4.69) is 10.3 Å². The first-order chi connectivity index (χ1) is 17.2. The zero-order chi connectivity index (χ0) is 25.8. The molecule has 0 aromatic heterocycles. The standard InChI is InChI=1S/C27H23Cl2N3O3S/c1-16-11-17(2)13-19(12-16)32-26(34)23(14-18-7-9-20(35-3)10-8-18)30-27(32)36-15-24(33)31-25-21(28)5-4-6-22(25)29/h4-14H,15H2,1-3H3,(H,31,33)/b23-14-. The summed E-state index contributed by atoms with van der Waals surface area (Å²) in [4.78, 5) is 32.3. The van der Waals surface area contributed by atoms with Gasteiger partial charge in [-0.1, -0.05) is 59.2 Å². The Kier molecular flexibility index (Phi) is 8.04. The molecule has 0 bridgehead atoms. The number of hydrogen-bond donors (Lipinski definition) is 1. The fraction of sp³-hybridized carbons (Fsp3) is 0.148. The molecule has 4 rings (SSSR count). The summed E-state index contributed by atoms with van der Waals surface area (Å²) >= 11 is 13.5. The molecule has 1 heterocycles. The maximum Gasteiger partial charge on any atom is 0.283 e. The number of rotatable bonds is 6. The summed E-state index contributed by atoms with van der Waals surface area (Å²) in [6, 6.07) is 18.2. The molecule has 1 N–H and O–H groups in total. The Morgan fingerprint density at radius 2 is 1.69 bits per heavy atom. The number of methoxy groups -OCH3 is 1. The molecule has 9 heteroatoms. The number of halogens is 2. The average molecular weight is 540 g/mol. The van der Waals surface area contributed by atoms with E-state index in [1.54, 1.807) is 31.4 Å². The highest BCUT2D eigenvalue weighted by Crippen LogP contribution is 2.32. The number of thioether (sulfide) groups is 1. The van der Waals surface area contributed by atoms with E-state index >= 15 is 0 Å². The monoisotopic (exact) mass is 539 g/mol. The Morgan fingerprint density at radius 1 is 1.06 bits per heavy atom. The number of carbonyl (C=O) groups is 2. The number of ether oxygens (including phenoxy) is 1. The zero-order valence-corrected chi connectivity index (χ0v) is 22.2. The lowest BCUT2D eigenvalue weighted by atomic mass is 10.1. The van der Waals surface area contributed by atoms with Crippen molar-refractivity contribution in [1.82, 2.24) is 0 Å². The molecular weight excluding hydrogens is 517 g/mol. The third kappa shape index (κ3) is 5.93. The van der Waals surface area contributed by atoms with E-state index in [0.717, 1.165) is 34.2 Å². The molecule has 1 aliphatic rings. The minimum Gasteiger partial charge on any atom is -0.497 e. The molecule has 0 saturated heterocycles. The first-order valence-electron chi connectivity index (χ1n) is 11.0. The van der Waals surface area contributed by atoms with Crippen LogP contribution in [0.15, 0.2) is 71.4 Å². The number of anilines is 2. The van der Waals surface area contributed by atoms with Crippen LogP contribution in [0.1, 0.15) is 16.7 Å². The second-order valence-corrected chi connectivity index (χ2v) is 9.87. The molecule has 1 aliphatic heterocycles. The number of para-hydroxylation sites is 1. The van der Waals surface area contributed by atoms with Crippen molar-refractivity contribution in [1.29, 1.82) is 0 Å². The summed E-state index contributed by atoms with van der Waals surface area (Å²) in [6.45, 7) is 3.94. The van der Waals surface area contributed by atoms with Gasteiger partial charge in [0.25, 0.3) is 5.91 Å². The summed E-state index contributed by atoms with van der Waals surface area (Å²) in [5.41, 5.74) is 4.15. The van der Waals surface area contributed by atoms with Crippen molar-refractivity contribution in [3.63, 3.8) is 0 Å². The van der Waals surface area contributed by atoms with Crippen LogP contribution in [-0.4, -0.2) is 29.8 Å². The third-order valence-electron chi connectivity index (χ3n) is 5.27. The molecular formula is C27H23Cl2N3O3S. The predicted molar refractivity (Wildman–Crippen MR) is 149 cm³/mol. The van der Waals surface area contributed by atoms with Gasteiger partial charge in [0.1, 0.15) is 11.4 Å². The SMILES string of the molecule is COc1ccc(/C=C2\N=C(SCC(=O)Nc3c(Cl)cccc3Cl)N(c3cc(C)cc(C)c3)C2=O)cc1. The molecule has 0 atom stereocenters. The van der Waals surface area contributed by atoms with Gasteiger partial charge in [-0.05, 0) is 73.0 Å². The Bertz CT molecular complexity index is 1350. The Hall–Kier alpha value is -3.26. The molecule has 3 aromatic carbocycles. The lowest BCUT2D eigenvalue weighted by Crippen LogP contribution is -2.31. The minimum absolute atomic E-state index is 0.00474. The largest absolute Gasteiger partial charge is 0.497 e. The lowest BCUT2D eigenvalue weighted by molar-refractivity contribution is -0.114. The first kappa shape index (κ1) is 25.8. The predicted octanol–water partition coefficient (Wildman–Crippen LogP) is 6.73. The number of carbonyl (C=O) groups excluding carboxylic acids is 2. The molecule has 184 valence electrons. The second kappa shape index (κ2) is 11.2. The maximum atomic E-state index is 13.5. The van der Waals surface area contributed by atoms with Gasteiger partial charge in [-0.2, -0.15) is 0 Å². The van der Waals surface area contributed by atoms with Crippen molar-refractivity contribution >= 4 is 69.4 Å². The van der Waals surface area contributed by atoms with Crippen molar-refractivity contribution in [3.8, 4) is 5.75 Å². The smallest absolute Gasteiger partial charge is 0.283 e. The van der Waals surface area contributed by atoms with Gasteiger partial charge in [0, 0.05) is 0 Å². The summed E-state index contributed by atoms with van der Waals surface area (Å²) in [5.74, 6) is 0.132. The van der Waals surface area contributed by atoms with Crippen LogP contribution in [0.5, 0.6) is 5.75 Å². The van der Waals surface area contributed by atoms with E-state index in [1.165, 1.54) is 4.90 Å².